The minimum atomic E-state index is -0.575. The van der Waals surface area contributed by atoms with E-state index in [0.717, 1.165) is 0 Å². The van der Waals surface area contributed by atoms with E-state index in [-0.39, 0.29) is 17.9 Å². The summed E-state index contributed by atoms with van der Waals surface area (Å²) in [6.45, 7) is 1.99. The SMILES string of the molecule is CCOC(=O)c1ccc(NC(=O)/C(=C/c2ccco2)NC(=O)c2ccccc2OC)cc1. The van der Waals surface area contributed by atoms with Crippen LogP contribution in [0.2, 0.25) is 0 Å². The maximum atomic E-state index is 12.9. The summed E-state index contributed by atoms with van der Waals surface area (Å²) >= 11 is 0. The van der Waals surface area contributed by atoms with Crippen molar-refractivity contribution >= 4 is 29.5 Å². The fourth-order valence-corrected chi connectivity index (χ4v) is 2.80. The molecule has 0 bridgehead atoms. The molecule has 32 heavy (non-hydrogen) atoms. The Labute approximate surface area is 184 Å². The predicted octanol–water partition coefficient (Wildman–Crippen LogP) is 3.87. The molecule has 1 heterocycles. The van der Waals surface area contributed by atoms with Gasteiger partial charge in [-0.05, 0) is 55.5 Å². The van der Waals surface area contributed by atoms with Gasteiger partial charge in [0.1, 0.15) is 17.2 Å². The van der Waals surface area contributed by atoms with E-state index < -0.39 is 17.8 Å². The molecular formula is C24H22N2O6. The third-order valence-electron chi connectivity index (χ3n) is 4.33. The topological polar surface area (TPSA) is 107 Å². The van der Waals surface area contributed by atoms with Crippen molar-refractivity contribution in [3.8, 4) is 5.75 Å². The van der Waals surface area contributed by atoms with E-state index in [9.17, 15) is 14.4 Å². The van der Waals surface area contributed by atoms with Crippen molar-refractivity contribution in [3.63, 3.8) is 0 Å². The minimum Gasteiger partial charge on any atom is -0.496 e. The number of rotatable bonds is 8. The third kappa shape index (κ3) is 5.63. The third-order valence-corrected chi connectivity index (χ3v) is 4.33. The van der Waals surface area contributed by atoms with Crippen LogP contribution in [-0.2, 0) is 9.53 Å². The van der Waals surface area contributed by atoms with Crippen LogP contribution >= 0.6 is 0 Å². The summed E-state index contributed by atoms with van der Waals surface area (Å²) in [4.78, 5) is 37.5. The smallest absolute Gasteiger partial charge is 0.338 e. The Kier molecular flexibility index (Phi) is 7.42. The summed E-state index contributed by atoms with van der Waals surface area (Å²) in [6.07, 6.45) is 2.87. The molecule has 0 aliphatic carbocycles. The van der Waals surface area contributed by atoms with Crippen LogP contribution in [0.15, 0.2) is 77.0 Å². The van der Waals surface area contributed by atoms with Gasteiger partial charge in [-0.15, -0.1) is 0 Å². The van der Waals surface area contributed by atoms with E-state index in [1.54, 1.807) is 55.5 Å². The zero-order valence-electron chi connectivity index (χ0n) is 17.6. The summed E-state index contributed by atoms with van der Waals surface area (Å²) in [5.74, 6) is -0.792. The van der Waals surface area contributed by atoms with E-state index >= 15 is 0 Å². The van der Waals surface area contributed by atoms with E-state index in [0.29, 0.717) is 22.8 Å². The Morgan fingerprint density at radius 2 is 1.75 bits per heavy atom. The first-order chi connectivity index (χ1) is 15.5. The maximum absolute atomic E-state index is 12.9. The van der Waals surface area contributed by atoms with Crippen molar-refractivity contribution in [2.75, 3.05) is 19.0 Å². The van der Waals surface area contributed by atoms with Gasteiger partial charge in [0, 0.05) is 11.8 Å². The molecule has 0 saturated heterocycles. The molecule has 0 radical (unpaired) electrons. The molecule has 0 saturated carbocycles. The number of hydrogen-bond donors (Lipinski definition) is 2. The number of carbonyl (C=O) groups is 3. The van der Waals surface area contributed by atoms with Crippen LogP contribution in [0.25, 0.3) is 6.08 Å². The van der Waals surface area contributed by atoms with Gasteiger partial charge < -0.3 is 24.5 Å². The van der Waals surface area contributed by atoms with Crippen LogP contribution in [0.1, 0.15) is 33.4 Å². The summed E-state index contributed by atoms with van der Waals surface area (Å²) in [5.41, 5.74) is 1.03. The molecule has 3 rings (SSSR count). The lowest BCUT2D eigenvalue weighted by Crippen LogP contribution is -2.31. The van der Waals surface area contributed by atoms with E-state index in [1.807, 2.05) is 0 Å². The molecule has 2 aromatic carbocycles. The number of para-hydroxylation sites is 1. The predicted molar refractivity (Wildman–Crippen MR) is 118 cm³/mol. The summed E-state index contributed by atoms with van der Waals surface area (Å²) in [5, 5.41) is 5.30. The van der Waals surface area contributed by atoms with Crippen LogP contribution in [0.3, 0.4) is 0 Å². The van der Waals surface area contributed by atoms with Gasteiger partial charge in [0.05, 0.1) is 31.1 Å². The average Bonchev–Trinajstić information content (AvgIpc) is 3.32. The van der Waals surface area contributed by atoms with Gasteiger partial charge in [-0.3, -0.25) is 9.59 Å². The number of hydrogen-bond acceptors (Lipinski definition) is 6. The van der Waals surface area contributed by atoms with Gasteiger partial charge >= 0.3 is 5.97 Å². The number of benzene rings is 2. The molecule has 164 valence electrons. The van der Waals surface area contributed by atoms with Gasteiger partial charge in [-0.25, -0.2) is 4.79 Å². The molecular weight excluding hydrogens is 412 g/mol. The molecule has 0 aliphatic heterocycles. The lowest BCUT2D eigenvalue weighted by atomic mass is 10.1. The molecule has 0 spiro atoms. The van der Waals surface area contributed by atoms with Crippen LogP contribution in [0, 0.1) is 0 Å². The molecule has 1 aromatic heterocycles. The number of esters is 1. The number of nitrogens with one attached hydrogen (secondary N) is 2. The first-order valence-corrected chi connectivity index (χ1v) is 9.80. The van der Waals surface area contributed by atoms with Crippen molar-refractivity contribution in [2.45, 2.75) is 6.92 Å². The van der Waals surface area contributed by atoms with Gasteiger partial charge in [-0.2, -0.15) is 0 Å². The Balaban J connectivity index is 1.80. The molecule has 0 unspecified atom stereocenters. The highest BCUT2D eigenvalue weighted by atomic mass is 16.5. The normalized spacial score (nSPS) is 10.9. The van der Waals surface area contributed by atoms with Crippen molar-refractivity contribution in [2.24, 2.45) is 0 Å². The zero-order valence-corrected chi connectivity index (χ0v) is 17.6. The fourth-order valence-electron chi connectivity index (χ4n) is 2.80. The van der Waals surface area contributed by atoms with Gasteiger partial charge in [-0.1, -0.05) is 12.1 Å². The van der Waals surface area contributed by atoms with E-state index in [4.69, 9.17) is 13.9 Å². The number of anilines is 1. The molecule has 0 fully saturated rings. The highest BCUT2D eigenvalue weighted by molar-refractivity contribution is 6.11. The highest BCUT2D eigenvalue weighted by Crippen LogP contribution is 2.18. The van der Waals surface area contributed by atoms with Crippen molar-refractivity contribution < 1.29 is 28.3 Å². The van der Waals surface area contributed by atoms with Gasteiger partial charge in [0.25, 0.3) is 11.8 Å². The molecule has 3 aromatic rings. The zero-order chi connectivity index (χ0) is 22.9. The second kappa shape index (κ2) is 10.6. The minimum absolute atomic E-state index is 0.0367. The summed E-state index contributed by atoms with van der Waals surface area (Å²) in [7, 11) is 1.46. The second-order valence-electron chi connectivity index (χ2n) is 6.48. The lowest BCUT2D eigenvalue weighted by Gasteiger charge is -2.12. The Morgan fingerprint density at radius 3 is 2.41 bits per heavy atom. The highest BCUT2D eigenvalue weighted by Gasteiger charge is 2.18. The summed E-state index contributed by atoms with van der Waals surface area (Å²) < 4.78 is 15.4. The van der Waals surface area contributed by atoms with Gasteiger partial charge in [0.15, 0.2) is 0 Å². The quantitative estimate of drug-likeness (QED) is 0.412. The van der Waals surface area contributed by atoms with E-state index in [1.165, 1.54) is 31.6 Å². The standard InChI is InChI=1S/C24H22N2O6/c1-3-31-24(29)16-10-12-17(13-11-16)25-23(28)20(15-18-7-6-14-32-18)26-22(27)19-8-4-5-9-21(19)30-2/h4-15H,3H2,1-2H3,(H,25,28)(H,26,27)/b20-15-. The van der Waals surface area contributed by atoms with Crippen LogP contribution in [0.5, 0.6) is 5.75 Å². The number of methoxy groups -OCH3 is 1. The maximum Gasteiger partial charge on any atom is 0.338 e. The first kappa shape index (κ1) is 22.4. The Bertz CT molecular complexity index is 1120. The van der Waals surface area contributed by atoms with Crippen LogP contribution in [-0.4, -0.2) is 31.5 Å². The summed E-state index contributed by atoms with van der Waals surface area (Å²) in [6, 6.07) is 16.2. The second-order valence-corrected chi connectivity index (χ2v) is 6.48. The fraction of sp³-hybridized carbons (Fsp3) is 0.125. The Morgan fingerprint density at radius 1 is 1.00 bits per heavy atom. The first-order valence-electron chi connectivity index (χ1n) is 9.80. The number of amides is 2. The van der Waals surface area contributed by atoms with Crippen molar-refractivity contribution in [1.29, 1.82) is 0 Å². The molecule has 2 N–H and O–H groups in total. The molecule has 8 nitrogen and oxygen atoms in total. The molecule has 0 atom stereocenters. The average molecular weight is 434 g/mol. The van der Waals surface area contributed by atoms with Gasteiger partial charge in [0.2, 0.25) is 0 Å². The molecule has 8 heteroatoms. The van der Waals surface area contributed by atoms with Crippen molar-refractivity contribution in [3.05, 3.63) is 89.5 Å². The van der Waals surface area contributed by atoms with Crippen LogP contribution < -0.4 is 15.4 Å². The lowest BCUT2D eigenvalue weighted by molar-refractivity contribution is -0.113. The number of carbonyl (C=O) groups excluding carboxylic acids is 3. The van der Waals surface area contributed by atoms with Crippen molar-refractivity contribution in [1.82, 2.24) is 5.32 Å². The monoisotopic (exact) mass is 434 g/mol. The van der Waals surface area contributed by atoms with Crippen LogP contribution in [0.4, 0.5) is 5.69 Å². The molecule has 2 amide bonds. The Hall–Kier alpha value is -4.33. The number of ether oxygens (including phenoxy) is 2. The molecule has 0 aliphatic rings. The van der Waals surface area contributed by atoms with E-state index in [2.05, 4.69) is 10.6 Å². The number of furan rings is 1. The largest absolute Gasteiger partial charge is 0.496 e.